The molecule has 0 saturated heterocycles. The minimum absolute atomic E-state index is 0.0504. The Morgan fingerprint density at radius 2 is 1.47 bits per heavy atom. The van der Waals surface area contributed by atoms with E-state index in [0.29, 0.717) is 11.5 Å². The van der Waals surface area contributed by atoms with Crippen molar-refractivity contribution in [2.75, 3.05) is 42.5 Å². The molecule has 186 valence electrons. The molecule has 0 radical (unpaired) electrons. The van der Waals surface area contributed by atoms with Gasteiger partial charge in [0.05, 0.1) is 11.3 Å². The second kappa shape index (κ2) is 10.3. The average molecular weight is 468 g/mol. The van der Waals surface area contributed by atoms with Gasteiger partial charge >= 0.3 is 0 Å². The number of aromatic nitrogens is 4. The van der Waals surface area contributed by atoms with Gasteiger partial charge in [-0.1, -0.05) is 20.8 Å². The maximum Gasteiger partial charge on any atom is 0.225 e. The van der Waals surface area contributed by atoms with Gasteiger partial charge in [-0.2, -0.15) is 0 Å². The van der Waals surface area contributed by atoms with Crippen LogP contribution in [0.4, 0.5) is 11.9 Å². The zero-order chi connectivity index (χ0) is 25.1. The van der Waals surface area contributed by atoms with E-state index in [9.17, 15) is 4.79 Å². The van der Waals surface area contributed by atoms with E-state index in [1.165, 1.54) is 11.3 Å². The van der Waals surface area contributed by atoms with Gasteiger partial charge in [0.25, 0.3) is 0 Å². The van der Waals surface area contributed by atoms with Crippen molar-refractivity contribution in [2.45, 2.75) is 73.9 Å². The third-order valence-corrected chi connectivity index (χ3v) is 6.42. The Kier molecular flexibility index (Phi) is 7.91. The number of carbonyl (C=O) groups excluding carboxylic acids is 1. The van der Waals surface area contributed by atoms with Gasteiger partial charge in [0.1, 0.15) is 0 Å². The standard InChI is InChI=1S/C26H41N7O/c1-9-31(23-27-15-19(16-28-23)22(34)25(3,4)5)13-14-32(10-2)24-29-17-20-18-33(26(6,7)8)12-11-21(20)30-24/h15-17H,9-14,18H2,1-8H3. The molecule has 0 saturated carbocycles. The van der Waals surface area contributed by atoms with Gasteiger partial charge in [-0.25, -0.2) is 19.9 Å². The summed E-state index contributed by atoms with van der Waals surface area (Å²) in [5, 5.41) is 0. The number of hydrogen-bond acceptors (Lipinski definition) is 8. The van der Waals surface area contributed by atoms with Crippen molar-refractivity contribution in [2.24, 2.45) is 5.41 Å². The Labute approximate surface area is 204 Å². The normalized spacial score (nSPS) is 14.6. The first-order valence-electron chi connectivity index (χ1n) is 12.4. The lowest BCUT2D eigenvalue weighted by Gasteiger charge is -2.38. The molecule has 1 aliphatic heterocycles. The molecular weight excluding hydrogens is 426 g/mol. The second-order valence-electron chi connectivity index (χ2n) is 11.0. The van der Waals surface area contributed by atoms with E-state index in [2.05, 4.69) is 59.3 Å². The lowest BCUT2D eigenvalue weighted by atomic mass is 9.88. The predicted molar refractivity (Wildman–Crippen MR) is 137 cm³/mol. The van der Waals surface area contributed by atoms with E-state index in [1.807, 2.05) is 27.0 Å². The summed E-state index contributed by atoms with van der Waals surface area (Å²) in [5.41, 5.74) is 2.65. The van der Waals surface area contributed by atoms with E-state index in [4.69, 9.17) is 9.97 Å². The third kappa shape index (κ3) is 6.09. The fourth-order valence-electron chi connectivity index (χ4n) is 4.11. The summed E-state index contributed by atoms with van der Waals surface area (Å²) < 4.78 is 0. The SMILES string of the molecule is CCN(CCN(CC)c1ncc2c(n1)CCN(C(C)(C)C)C2)c1ncc(C(=O)C(C)(C)C)cn1. The van der Waals surface area contributed by atoms with Gasteiger partial charge in [0, 0.05) is 80.8 Å². The minimum atomic E-state index is -0.448. The third-order valence-electron chi connectivity index (χ3n) is 6.42. The molecule has 1 aliphatic rings. The number of fused-ring (bicyclic) bond motifs is 1. The van der Waals surface area contributed by atoms with Crippen LogP contribution >= 0.6 is 0 Å². The fraction of sp³-hybridized carbons (Fsp3) is 0.654. The molecule has 0 aromatic carbocycles. The number of Topliss-reactive ketones (excluding diaryl/α,β-unsaturated/α-hetero) is 1. The summed E-state index contributed by atoms with van der Waals surface area (Å²) in [6.45, 7) is 21.7. The van der Waals surface area contributed by atoms with Crippen LogP contribution in [-0.2, 0) is 13.0 Å². The lowest BCUT2D eigenvalue weighted by Crippen LogP contribution is -2.44. The molecular formula is C26H41N7O. The van der Waals surface area contributed by atoms with Crippen LogP contribution in [0.5, 0.6) is 0 Å². The molecule has 0 aliphatic carbocycles. The fourth-order valence-corrected chi connectivity index (χ4v) is 4.11. The smallest absolute Gasteiger partial charge is 0.225 e. The van der Waals surface area contributed by atoms with Crippen LogP contribution in [0, 0.1) is 5.41 Å². The quantitative estimate of drug-likeness (QED) is 0.539. The van der Waals surface area contributed by atoms with Crippen molar-refractivity contribution in [3.05, 3.63) is 35.4 Å². The molecule has 0 fully saturated rings. The van der Waals surface area contributed by atoms with Crippen LogP contribution in [-0.4, -0.2) is 68.9 Å². The van der Waals surface area contributed by atoms with E-state index < -0.39 is 5.41 Å². The van der Waals surface area contributed by atoms with Crippen LogP contribution in [0.15, 0.2) is 18.6 Å². The highest BCUT2D eigenvalue weighted by molar-refractivity contribution is 5.99. The molecule has 0 atom stereocenters. The number of nitrogens with zero attached hydrogens (tertiary/aromatic N) is 7. The zero-order valence-electron chi connectivity index (χ0n) is 22.2. The topological polar surface area (TPSA) is 78.4 Å². The van der Waals surface area contributed by atoms with Crippen LogP contribution in [0.1, 0.15) is 77.0 Å². The van der Waals surface area contributed by atoms with Crippen molar-refractivity contribution in [1.82, 2.24) is 24.8 Å². The van der Waals surface area contributed by atoms with Gasteiger partial charge in [0.15, 0.2) is 5.78 Å². The van der Waals surface area contributed by atoms with Gasteiger partial charge in [0.2, 0.25) is 11.9 Å². The van der Waals surface area contributed by atoms with Crippen LogP contribution in [0.25, 0.3) is 0 Å². The van der Waals surface area contributed by atoms with E-state index in [-0.39, 0.29) is 11.3 Å². The number of hydrogen-bond donors (Lipinski definition) is 0. The number of anilines is 2. The molecule has 3 heterocycles. The first kappa shape index (κ1) is 26.0. The Balaban J connectivity index is 1.67. The van der Waals surface area contributed by atoms with Gasteiger partial charge in [-0.3, -0.25) is 9.69 Å². The average Bonchev–Trinajstić information content (AvgIpc) is 2.80. The predicted octanol–water partition coefficient (Wildman–Crippen LogP) is 4.00. The Morgan fingerprint density at radius 1 is 0.912 bits per heavy atom. The first-order chi connectivity index (χ1) is 15.9. The van der Waals surface area contributed by atoms with Gasteiger partial charge < -0.3 is 9.80 Å². The highest BCUT2D eigenvalue weighted by atomic mass is 16.1. The Hall–Kier alpha value is -2.61. The zero-order valence-corrected chi connectivity index (χ0v) is 22.2. The Bertz CT molecular complexity index is 976. The summed E-state index contributed by atoms with van der Waals surface area (Å²) >= 11 is 0. The molecule has 0 unspecified atom stereocenters. The summed E-state index contributed by atoms with van der Waals surface area (Å²) in [5.74, 6) is 1.47. The summed E-state index contributed by atoms with van der Waals surface area (Å²) in [4.78, 5) is 37.9. The molecule has 0 N–H and O–H groups in total. The number of rotatable bonds is 8. The largest absolute Gasteiger partial charge is 0.339 e. The molecule has 0 amide bonds. The van der Waals surface area contributed by atoms with Crippen LogP contribution in [0.3, 0.4) is 0 Å². The van der Waals surface area contributed by atoms with E-state index in [1.54, 1.807) is 12.4 Å². The highest BCUT2D eigenvalue weighted by Crippen LogP contribution is 2.25. The molecule has 3 rings (SSSR count). The molecule has 34 heavy (non-hydrogen) atoms. The number of ketones is 1. The monoisotopic (exact) mass is 467 g/mol. The highest BCUT2D eigenvalue weighted by Gasteiger charge is 2.27. The summed E-state index contributed by atoms with van der Waals surface area (Å²) in [6.07, 6.45) is 6.24. The number of likely N-dealkylation sites (N-methyl/N-ethyl adjacent to an activating group) is 2. The van der Waals surface area contributed by atoms with Crippen molar-refractivity contribution >= 4 is 17.7 Å². The molecule has 8 nitrogen and oxygen atoms in total. The maximum absolute atomic E-state index is 12.5. The van der Waals surface area contributed by atoms with Crippen molar-refractivity contribution in [3.63, 3.8) is 0 Å². The van der Waals surface area contributed by atoms with E-state index >= 15 is 0 Å². The van der Waals surface area contributed by atoms with Crippen molar-refractivity contribution in [3.8, 4) is 0 Å². The molecule has 2 aromatic rings. The Morgan fingerprint density at radius 3 is 2.00 bits per heavy atom. The molecule has 0 bridgehead atoms. The van der Waals surface area contributed by atoms with Crippen LogP contribution in [0.2, 0.25) is 0 Å². The maximum atomic E-state index is 12.5. The lowest BCUT2D eigenvalue weighted by molar-refractivity contribution is 0.0857. The summed E-state index contributed by atoms with van der Waals surface area (Å²) in [7, 11) is 0. The second-order valence-corrected chi connectivity index (χ2v) is 11.0. The van der Waals surface area contributed by atoms with Gasteiger partial charge in [-0.05, 0) is 34.6 Å². The number of carbonyl (C=O) groups is 1. The van der Waals surface area contributed by atoms with Crippen molar-refractivity contribution < 1.29 is 4.79 Å². The summed E-state index contributed by atoms with van der Waals surface area (Å²) in [6, 6.07) is 0. The molecule has 8 heteroatoms. The van der Waals surface area contributed by atoms with Crippen molar-refractivity contribution in [1.29, 1.82) is 0 Å². The first-order valence-corrected chi connectivity index (χ1v) is 12.4. The molecule has 0 spiro atoms. The molecule has 2 aromatic heterocycles. The van der Waals surface area contributed by atoms with Crippen LogP contribution < -0.4 is 9.80 Å². The minimum Gasteiger partial charge on any atom is -0.339 e. The van der Waals surface area contributed by atoms with Gasteiger partial charge in [-0.15, -0.1) is 0 Å². The van der Waals surface area contributed by atoms with E-state index in [0.717, 1.165) is 51.6 Å².